The minimum atomic E-state index is -0.771. The van der Waals surface area contributed by atoms with E-state index >= 15 is 0 Å². The summed E-state index contributed by atoms with van der Waals surface area (Å²) in [6, 6.07) is 0. The van der Waals surface area contributed by atoms with Gasteiger partial charge in [0.25, 0.3) is 0 Å². The fourth-order valence-electron chi connectivity index (χ4n) is 1.83. The number of rotatable bonds is 14. The van der Waals surface area contributed by atoms with Gasteiger partial charge in [-0.25, -0.2) is 0 Å². The molecule has 4 nitrogen and oxygen atoms in total. The number of hydrogen-bond donors (Lipinski definition) is 3. The highest BCUT2D eigenvalue weighted by molar-refractivity contribution is 5.66. The molecule has 0 rings (SSSR count). The van der Waals surface area contributed by atoms with E-state index in [1.807, 2.05) is 55.5 Å². The van der Waals surface area contributed by atoms with Crippen LogP contribution in [0.2, 0.25) is 0 Å². The third-order valence-corrected chi connectivity index (χ3v) is 3.36. The molecule has 0 saturated carbocycles. The summed E-state index contributed by atoms with van der Waals surface area (Å²) < 4.78 is 0. The summed E-state index contributed by atoms with van der Waals surface area (Å²) in [7, 11) is 0. The van der Waals surface area contributed by atoms with Crippen LogP contribution in [-0.4, -0.2) is 33.5 Å². The first-order valence-corrected chi connectivity index (χ1v) is 9.10. The van der Waals surface area contributed by atoms with Crippen LogP contribution in [0.5, 0.6) is 0 Å². The topological polar surface area (TPSA) is 77.8 Å². The molecular formula is C22H32O4. The Morgan fingerprint density at radius 2 is 1.35 bits per heavy atom. The molecule has 0 spiro atoms. The van der Waals surface area contributed by atoms with Gasteiger partial charge in [0.1, 0.15) is 0 Å². The molecule has 26 heavy (non-hydrogen) atoms. The van der Waals surface area contributed by atoms with Gasteiger partial charge in [0.05, 0.1) is 12.2 Å². The maximum atomic E-state index is 10.3. The molecule has 0 aliphatic rings. The minimum absolute atomic E-state index is 0.175. The molecule has 0 aromatic rings. The molecule has 0 radical (unpaired) electrons. The smallest absolute Gasteiger partial charge is 0.303 e. The Balaban J connectivity index is 3.78. The molecule has 0 heterocycles. The maximum absolute atomic E-state index is 10.3. The van der Waals surface area contributed by atoms with Crippen molar-refractivity contribution in [3.63, 3.8) is 0 Å². The molecule has 4 heteroatoms. The minimum Gasteiger partial charge on any atom is -0.481 e. The van der Waals surface area contributed by atoms with Crippen LogP contribution in [0, 0.1) is 0 Å². The van der Waals surface area contributed by atoms with Crippen molar-refractivity contribution >= 4 is 5.97 Å². The molecule has 144 valence electrons. The molecule has 0 aromatic carbocycles. The Morgan fingerprint density at radius 3 is 1.92 bits per heavy atom. The number of carbonyl (C=O) groups is 1. The number of aliphatic carboxylic acids is 1. The number of aliphatic hydroxyl groups excluding tert-OH is 2. The summed E-state index contributed by atoms with van der Waals surface area (Å²) in [6.07, 6.45) is 25.2. The molecule has 3 N–H and O–H groups in total. The standard InChI is InChI=1S/C22H32O4/c1-2-20(23)16-12-10-11-14-18-21(24)17-13-8-6-4-3-5-7-9-15-19-22(25)26/h3-4,7-14,16,18,20-21,23-24H,2,5-6,15,17,19H2,1H3,(H,25,26)/b4-3-,9-7-,11-10-,13-8-,16-12+,18-14+. The van der Waals surface area contributed by atoms with Crippen molar-refractivity contribution < 1.29 is 20.1 Å². The van der Waals surface area contributed by atoms with E-state index < -0.39 is 18.2 Å². The average molecular weight is 360 g/mol. The Hall–Kier alpha value is -2.17. The van der Waals surface area contributed by atoms with Gasteiger partial charge in [-0.05, 0) is 32.1 Å². The van der Waals surface area contributed by atoms with Gasteiger partial charge in [0, 0.05) is 6.42 Å². The number of carboxylic acids is 1. The maximum Gasteiger partial charge on any atom is 0.303 e. The fourth-order valence-corrected chi connectivity index (χ4v) is 1.83. The zero-order valence-electron chi connectivity index (χ0n) is 15.6. The number of carboxylic acid groups (broad SMARTS) is 1. The zero-order chi connectivity index (χ0) is 19.5. The zero-order valence-corrected chi connectivity index (χ0v) is 15.6. The summed E-state index contributed by atoms with van der Waals surface area (Å²) in [6.45, 7) is 1.92. The van der Waals surface area contributed by atoms with E-state index in [4.69, 9.17) is 5.11 Å². The predicted octanol–water partition coefficient (Wildman–Crippen LogP) is 4.49. The van der Waals surface area contributed by atoms with Gasteiger partial charge in [-0.3, -0.25) is 4.79 Å². The van der Waals surface area contributed by atoms with Gasteiger partial charge in [0.15, 0.2) is 0 Å². The normalized spacial score (nSPS) is 15.5. The van der Waals surface area contributed by atoms with Gasteiger partial charge in [0.2, 0.25) is 0 Å². The molecule has 0 bridgehead atoms. The summed E-state index contributed by atoms with van der Waals surface area (Å²) >= 11 is 0. The van der Waals surface area contributed by atoms with Crippen molar-refractivity contribution in [3.05, 3.63) is 72.9 Å². The number of hydrogen-bond acceptors (Lipinski definition) is 3. The van der Waals surface area contributed by atoms with Crippen molar-refractivity contribution in [1.82, 2.24) is 0 Å². The molecule has 0 amide bonds. The molecular weight excluding hydrogens is 328 g/mol. The Morgan fingerprint density at radius 1 is 0.808 bits per heavy atom. The Bertz CT molecular complexity index is 524. The van der Waals surface area contributed by atoms with Gasteiger partial charge in [-0.2, -0.15) is 0 Å². The lowest BCUT2D eigenvalue weighted by atomic mass is 10.2. The molecule has 2 atom stereocenters. The first kappa shape index (κ1) is 23.8. The van der Waals surface area contributed by atoms with E-state index in [-0.39, 0.29) is 6.42 Å². The summed E-state index contributed by atoms with van der Waals surface area (Å²) in [5.74, 6) is -0.771. The van der Waals surface area contributed by atoms with Gasteiger partial charge >= 0.3 is 5.97 Å². The highest BCUT2D eigenvalue weighted by atomic mass is 16.4. The molecule has 0 fully saturated rings. The van der Waals surface area contributed by atoms with Gasteiger partial charge in [-0.15, -0.1) is 0 Å². The summed E-state index contributed by atoms with van der Waals surface area (Å²) in [4.78, 5) is 10.3. The second-order valence-corrected chi connectivity index (χ2v) is 5.75. The molecule has 0 aliphatic heterocycles. The van der Waals surface area contributed by atoms with Crippen LogP contribution >= 0.6 is 0 Å². The lowest BCUT2D eigenvalue weighted by Gasteiger charge is -1.98. The van der Waals surface area contributed by atoms with Crippen LogP contribution in [0.1, 0.15) is 45.4 Å². The second kappa shape index (κ2) is 17.6. The van der Waals surface area contributed by atoms with Crippen LogP contribution in [0.15, 0.2) is 72.9 Å². The van der Waals surface area contributed by atoms with E-state index in [2.05, 4.69) is 0 Å². The van der Waals surface area contributed by atoms with Crippen LogP contribution < -0.4 is 0 Å². The SMILES string of the molecule is CCC(O)/C=C/C=C\C=C\C(O)C/C=C\C/C=C\C/C=C\CCC(=O)O. The van der Waals surface area contributed by atoms with E-state index in [1.54, 1.807) is 24.3 Å². The van der Waals surface area contributed by atoms with Crippen molar-refractivity contribution in [2.24, 2.45) is 0 Å². The lowest BCUT2D eigenvalue weighted by Crippen LogP contribution is -1.98. The summed E-state index contributed by atoms with van der Waals surface area (Å²) in [5.41, 5.74) is 0. The number of aliphatic hydroxyl groups is 2. The highest BCUT2D eigenvalue weighted by Gasteiger charge is 1.93. The monoisotopic (exact) mass is 360 g/mol. The fraction of sp³-hybridized carbons (Fsp3) is 0.409. The predicted molar refractivity (Wildman–Crippen MR) is 108 cm³/mol. The van der Waals surface area contributed by atoms with Crippen LogP contribution in [0.25, 0.3) is 0 Å². The molecule has 0 saturated heterocycles. The Labute approximate surface area is 157 Å². The summed E-state index contributed by atoms with van der Waals surface area (Å²) in [5, 5.41) is 27.6. The van der Waals surface area contributed by atoms with E-state index in [0.717, 1.165) is 12.8 Å². The van der Waals surface area contributed by atoms with Crippen molar-refractivity contribution in [2.75, 3.05) is 0 Å². The first-order valence-electron chi connectivity index (χ1n) is 9.10. The van der Waals surface area contributed by atoms with Crippen LogP contribution in [0.3, 0.4) is 0 Å². The number of allylic oxidation sites excluding steroid dienone is 9. The van der Waals surface area contributed by atoms with E-state index in [9.17, 15) is 15.0 Å². The van der Waals surface area contributed by atoms with Crippen LogP contribution in [0.4, 0.5) is 0 Å². The molecule has 0 aromatic heterocycles. The van der Waals surface area contributed by atoms with Crippen molar-refractivity contribution in [2.45, 2.75) is 57.7 Å². The third-order valence-electron chi connectivity index (χ3n) is 3.36. The second-order valence-electron chi connectivity index (χ2n) is 5.75. The van der Waals surface area contributed by atoms with E-state index in [1.165, 1.54) is 0 Å². The van der Waals surface area contributed by atoms with Gasteiger partial charge in [-0.1, -0.05) is 79.8 Å². The third kappa shape index (κ3) is 18.2. The quantitative estimate of drug-likeness (QED) is 0.315. The van der Waals surface area contributed by atoms with Gasteiger partial charge < -0.3 is 15.3 Å². The van der Waals surface area contributed by atoms with Crippen molar-refractivity contribution in [1.29, 1.82) is 0 Å². The Kier molecular flexibility index (Phi) is 16.2. The largest absolute Gasteiger partial charge is 0.481 e. The lowest BCUT2D eigenvalue weighted by molar-refractivity contribution is -0.136. The van der Waals surface area contributed by atoms with E-state index in [0.29, 0.717) is 19.3 Å². The van der Waals surface area contributed by atoms with Crippen molar-refractivity contribution in [3.8, 4) is 0 Å². The highest BCUT2D eigenvalue weighted by Crippen LogP contribution is 1.99. The first-order chi connectivity index (χ1) is 12.6. The molecule has 2 unspecified atom stereocenters. The van der Waals surface area contributed by atoms with Crippen LogP contribution in [-0.2, 0) is 4.79 Å². The average Bonchev–Trinajstić information content (AvgIpc) is 2.61. The molecule has 0 aliphatic carbocycles.